The molecule has 0 aliphatic carbocycles. The van der Waals surface area contributed by atoms with Crippen LogP contribution in [0.5, 0.6) is 0 Å². The van der Waals surface area contributed by atoms with Crippen LogP contribution in [0.25, 0.3) is 0 Å². The molecule has 0 spiro atoms. The Kier molecular flexibility index (Phi) is 5.01. The maximum Gasteiger partial charge on any atom is 0.385 e. The molecule has 0 saturated carbocycles. The van der Waals surface area contributed by atoms with Crippen molar-refractivity contribution in [2.75, 3.05) is 0 Å². The van der Waals surface area contributed by atoms with Crippen molar-refractivity contribution in [2.24, 2.45) is 0 Å². The van der Waals surface area contributed by atoms with E-state index in [1.807, 2.05) is 91.0 Å². The molecule has 0 N–H and O–H groups in total. The second kappa shape index (κ2) is 6.76. The van der Waals surface area contributed by atoms with Crippen LogP contribution < -0.4 is 33.5 Å². The predicted molar refractivity (Wildman–Crippen MR) is 87.3 cm³/mol. The van der Waals surface area contributed by atoms with Gasteiger partial charge >= 0.3 is 12.2 Å². The zero-order valence-corrected chi connectivity index (χ0v) is 13.1. The van der Waals surface area contributed by atoms with Crippen LogP contribution in [0.4, 0.5) is 0 Å². The van der Waals surface area contributed by atoms with Crippen molar-refractivity contribution in [3.63, 3.8) is 0 Å². The number of hydrogen-bond acceptors (Lipinski definition) is 0. The molecule has 2 radical (unpaired) electrons. The van der Waals surface area contributed by atoms with Crippen molar-refractivity contribution in [1.29, 1.82) is 0 Å². The van der Waals surface area contributed by atoms with Crippen molar-refractivity contribution in [3.8, 4) is 0 Å². The Balaban J connectivity index is 0.00000161. The van der Waals surface area contributed by atoms with Gasteiger partial charge in [0.05, 0.1) is 15.9 Å². The van der Waals surface area contributed by atoms with Gasteiger partial charge in [-0.25, -0.2) is 0 Å². The average molecular weight is 312 g/mol. The highest BCUT2D eigenvalue weighted by molar-refractivity contribution is 7.86. The van der Waals surface area contributed by atoms with E-state index >= 15 is 0 Å². The van der Waals surface area contributed by atoms with Crippen LogP contribution >= 0.6 is 7.05 Å². The van der Waals surface area contributed by atoms with Gasteiger partial charge in [0.25, 0.3) is 0 Å². The molecule has 21 heavy (non-hydrogen) atoms. The number of benzene rings is 3. The smallest absolute Gasteiger partial charge is 0.385 e. The topological polar surface area (TPSA) is 22.3 Å². The molecule has 0 saturated heterocycles. The molecule has 0 aliphatic rings. The summed E-state index contributed by atoms with van der Waals surface area (Å²) >= 11 is 0. The first-order chi connectivity index (χ1) is 9.82. The molecule has 3 rings (SSSR count). The summed E-state index contributed by atoms with van der Waals surface area (Å²) in [5.74, 6) is 0. The van der Waals surface area contributed by atoms with Crippen molar-refractivity contribution >= 4 is 23.0 Å². The zero-order valence-electron chi connectivity index (χ0n) is 11.4. The van der Waals surface area contributed by atoms with Gasteiger partial charge in [-0.15, -0.1) is 0 Å². The molecule has 0 amide bonds. The first kappa shape index (κ1) is 15.6. The lowest BCUT2D eigenvalue weighted by molar-refractivity contribution is -0.00000401. The standard InChI is InChI=1S/C18H15NP.ClH/c19-20(16-10-4-1-5-11-16,17-12-6-2-7-13-17)18-14-8-3-9-15-18;/h1-15H;1H/q+1;/p-1. The van der Waals surface area contributed by atoms with Gasteiger partial charge < -0.3 is 12.4 Å². The third kappa shape index (κ3) is 2.95. The minimum absolute atomic E-state index is 0. The Morgan fingerprint density at radius 1 is 0.476 bits per heavy atom. The SMILES string of the molecule is [Cl-].[N+]=P(c1ccccc1)(c1ccccc1)c1ccccc1. The number of nitrogens with zero attached hydrogens (tertiary/aromatic N) is 1. The summed E-state index contributed by atoms with van der Waals surface area (Å²) in [5, 5.41) is 14.5. The van der Waals surface area contributed by atoms with Gasteiger partial charge in [0.2, 0.25) is 0 Å². The average Bonchev–Trinajstić information content (AvgIpc) is 2.56. The van der Waals surface area contributed by atoms with Gasteiger partial charge in [-0.1, -0.05) is 54.6 Å². The van der Waals surface area contributed by atoms with E-state index in [0.29, 0.717) is 0 Å². The minimum atomic E-state index is -2.53. The van der Waals surface area contributed by atoms with E-state index in [-0.39, 0.29) is 12.4 Å². The largest absolute Gasteiger partial charge is 1.00 e. The second-order valence-corrected chi connectivity index (χ2v) is 7.46. The monoisotopic (exact) mass is 311 g/mol. The number of hydrogen-bond donors (Lipinski definition) is 0. The van der Waals surface area contributed by atoms with Gasteiger partial charge in [-0.3, -0.25) is 0 Å². The van der Waals surface area contributed by atoms with Crippen LogP contribution in [-0.2, 0) is 0 Å². The molecule has 3 aromatic rings. The van der Waals surface area contributed by atoms with Gasteiger partial charge in [0.1, 0.15) is 0 Å². The van der Waals surface area contributed by atoms with Crippen molar-refractivity contribution in [3.05, 3.63) is 91.0 Å². The maximum absolute atomic E-state index is 11.5. The van der Waals surface area contributed by atoms with Crippen LogP contribution in [-0.4, -0.2) is 0 Å². The highest BCUT2D eigenvalue weighted by atomic mass is 35.5. The molecule has 0 bridgehead atoms. The van der Waals surface area contributed by atoms with Crippen LogP contribution in [0, 0.1) is 0 Å². The van der Waals surface area contributed by atoms with E-state index in [0.717, 1.165) is 15.9 Å². The predicted octanol–water partition coefficient (Wildman–Crippen LogP) is -0.0318. The fourth-order valence-corrected chi connectivity index (χ4v) is 5.08. The van der Waals surface area contributed by atoms with E-state index in [1.165, 1.54) is 0 Å². The Bertz CT molecular complexity index is 624. The number of rotatable bonds is 3. The molecule has 3 heteroatoms. The Morgan fingerprint density at radius 2 is 0.714 bits per heavy atom. The van der Waals surface area contributed by atoms with Crippen molar-refractivity contribution < 1.29 is 12.4 Å². The summed E-state index contributed by atoms with van der Waals surface area (Å²) < 4.78 is 0. The summed E-state index contributed by atoms with van der Waals surface area (Å²) in [6, 6.07) is 29.8. The van der Waals surface area contributed by atoms with Gasteiger partial charge in [-0.05, 0) is 36.4 Å². The van der Waals surface area contributed by atoms with E-state index in [4.69, 9.17) is 0 Å². The quantitative estimate of drug-likeness (QED) is 0.606. The summed E-state index contributed by atoms with van der Waals surface area (Å²) in [6.07, 6.45) is 0. The lowest BCUT2D eigenvalue weighted by Gasteiger charge is -2.11. The molecule has 0 unspecified atom stereocenters. The van der Waals surface area contributed by atoms with Gasteiger partial charge in [0.15, 0.2) is 0 Å². The molecule has 0 atom stereocenters. The van der Waals surface area contributed by atoms with Crippen LogP contribution in [0.2, 0.25) is 0 Å². The Labute approximate surface area is 131 Å². The van der Waals surface area contributed by atoms with E-state index in [1.54, 1.807) is 0 Å². The Hall–Kier alpha value is -1.82. The highest BCUT2D eigenvalue weighted by Crippen LogP contribution is 2.40. The molecule has 0 heterocycles. The zero-order chi connectivity index (χ0) is 13.8. The lowest BCUT2D eigenvalue weighted by atomic mass is 10.4. The molecule has 0 fully saturated rings. The van der Waals surface area contributed by atoms with E-state index < -0.39 is 7.05 Å². The summed E-state index contributed by atoms with van der Waals surface area (Å²) in [5.41, 5.74) is 0. The third-order valence-electron chi connectivity index (χ3n) is 3.39. The molecule has 0 aromatic heterocycles. The number of halogens is 1. The molecule has 104 valence electrons. The third-order valence-corrected chi connectivity index (χ3v) is 6.53. The van der Waals surface area contributed by atoms with Gasteiger partial charge in [-0.2, -0.15) is 0 Å². The fraction of sp³-hybridized carbons (Fsp3) is 0. The highest BCUT2D eigenvalue weighted by Gasteiger charge is 2.39. The first-order valence-electron chi connectivity index (χ1n) is 6.60. The molecular weight excluding hydrogens is 297 g/mol. The Morgan fingerprint density at radius 3 is 0.952 bits per heavy atom. The van der Waals surface area contributed by atoms with E-state index in [2.05, 4.69) is 0 Å². The summed E-state index contributed by atoms with van der Waals surface area (Å²) in [7, 11) is -2.53. The van der Waals surface area contributed by atoms with Crippen molar-refractivity contribution in [1.82, 2.24) is 5.16 Å². The van der Waals surface area contributed by atoms with Crippen LogP contribution in [0.3, 0.4) is 0 Å². The second-order valence-electron chi connectivity index (χ2n) is 4.64. The lowest BCUT2D eigenvalue weighted by Crippen LogP contribution is -3.00. The molecular formula is C18H15ClNP. The molecule has 1 nitrogen and oxygen atoms in total. The van der Waals surface area contributed by atoms with Crippen LogP contribution in [0.15, 0.2) is 91.0 Å². The normalized spacial score (nSPS) is 10.7. The molecule has 3 aromatic carbocycles. The van der Waals surface area contributed by atoms with E-state index in [9.17, 15) is 5.16 Å². The summed E-state index contributed by atoms with van der Waals surface area (Å²) in [6.45, 7) is 0. The maximum atomic E-state index is 11.5. The van der Waals surface area contributed by atoms with Crippen molar-refractivity contribution in [2.45, 2.75) is 0 Å². The minimum Gasteiger partial charge on any atom is -1.00 e. The van der Waals surface area contributed by atoms with Crippen LogP contribution in [0.1, 0.15) is 0 Å². The van der Waals surface area contributed by atoms with Gasteiger partial charge in [0, 0.05) is 0 Å². The molecule has 0 aliphatic heterocycles. The first-order valence-corrected chi connectivity index (χ1v) is 8.34. The summed E-state index contributed by atoms with van der Waals surface area (Å²) in [4.78, 5) is 0. The fourth-order valence-electron chi connectivity index (χ4n) is 2.38.